The summed E-state index contributed by atoms with van der Waals surface area (Å²) in [7, 11) is 0. The number of hydrogen-bond acceptors (Lipinski definition) is 3. The van der Waals surface area contributed by atoms with Crippen LogP contribution < -0.4 is 15.0 Å². The molecule has 1 atom stereocenters. The van der Waals surface area contributed by atoms with E-state index < -0.39 is 6.10 Å². The molecule has 1 aliphatic heterocycles. The Kier molecular flexibility index (Phi) is 5.59. The second kappa shape index (κ2) is 8.06. The first-order valence-corrected chi connectivity index (χ1v) is 9.05. The van der Waals surface area contributed by atoms with Gasteiger partial charge in [-0.2, -0.15) is 0 Å². The molecule has 1 heterocycles. The minimum Gasteiger partial charge on any atom is -0.481 e. The summed E-state index contributed by atoms with van der Waals surface area (Å²) in [6.45, 7) is 6.20. The second-order valence-corrected chi connectivity index (χ2v) is 6.56. The van der Waals surface area contributed by atoms with E-state index in [2.05, 4.69) is 22.3 Å². The number of carbonyl (C=O) groups excluding carboxylic acids is 1. The van der Waals surface area contributed by atoms with Crippen LogP contribution in [0.3, 0.4) is 0 Å². The van der Waals surface area contributed by atoms with Gasteiger partial charge < -0.3 is 15.0 Å². The molecule has 132 valence electrons. The number of rotatable bonds is 6. The summed E-state index contributed by atoms with van der Waals surface area (Å²) < 4.78 is 5.86. The second-order valence-electron chi connectivity index (χ2n) is 6.56. The van der Waals surface area contributed by atoms with Gasteiger partial charge in [0.25, 0.3) is 5.91 Å². The van der Waals surface area contributed by atoms with Crippen LogP contribution in [-0.4, -0.2) is 25.1 Å². The first kappa shape index (κ1) is 17.3. The van der Waals surface area contributed by atoms with E-state index in [9.17, 15) is 4.79 Å². The Morgan fingerprint density at radius 2 is 1.88 bits per heavy atom. The number of hydrogen-bond donors (Lipinski definition) is 1. The number of amides is 1. The number of carbonyl (C=O) groups is 1. The lowest BCUT2D eigenvalue weighted by molar-refractivity contribution is -0.122. The van der Waals surface area contributed by atoms with Crippen molar-refractivity contribution in [2.75, 3.05) is 23.3 Å². The van der Waals surface area contributed by atoms with E-state index in [4.69, 9.17) is 4.74 Å². The average molecular weight is 338 g/mol. The molecule has 2 aromatic rings. The summed E-state index contributed by atoms with van der Waals surface area (Å²) in [6, 6.07) is 15.8. The van der Waals surface area contributed by atoms with Crippen LogP contribution in [0, 0.1) is 6.92 Å². The zero-order valence-electron chi connectivity index (χ0n) is 15.0. The highest BCUT2D eigenvalue weighted by Crippen LogP contribution is 2.22. The molecule has 4 heteroatoms. The Bertz CT molecular complexity index is 706. The fourth-order valence-electron chi connectivity index (χ4n) is 3.13. The standard InChI is InChI=1S/C21H26N2O2/c1-3-20(25-19-8-6-7-16(2)15-19)21(24)22-17-9-11-18(12-10-17)23-13-4-5-14-23/h6-12,15,20H,3-5,13-14H2,1-2H3,(H,22,24). The number of benzene rings is 2. The monoisotopic (exact) mass is 338 g/mol. The predicted octanol–water partition coefficient (Wildman–Crippen LogP) is 4.39. The maximum absolute atomic E-state index is 12.5. The van der Waals surface area contributed by atoms with E-state index in [-0.39, 0.29) is 5.91 Å². The highest BCUT2D eigenvalue weighted by Gasteiger charge is 2.19. The lowest BCUT2D eigenvalue weighted by Gasteiger charge is -2.19. The van der Waals surface area contributed by atoms with Crippen molar-refractivity contribution in [1.82, 2.24) is 0 Å². The third-order valence-electron chi connectivity index (χ3n) is 4.54. The van der Waals surface area contributed by atoms with Crippen molar-refractivity contribution >= 4 is 17.3 Å². The van der Waals surface area contributed by atoms with Crippen LogP contribution in [0.5, 0.6) is 5.75 Å². The Labute approximate surface area is 149 Å². The highest BCUT2D eigenvalue weighted by atomic mass is 16.5. The molecule has 1 saturated heterocycles. The molecule has 25 heavy (non-hydrogen) atoms. The van der Waals surface area contributed by atoms with E-state index in [0.717, 1.165) is 30.1 Å². The van der Waals surface area contributed by atoms with Crippen molar-refractivity contribution in [3.8, 4) is 5.75 Å². The molecule has 1 N–H and O–H groups in total. The topological polar surface area (TPSA) is 41.6 Å². The van der Waals surface area contributed by atoms with Crippen LogP contribution in [0.4, 0.5) is 11.4 Å². The summed E-state index contributed by atoms with van der Waals surface area (Å²) in [5, 5.41) is 2.96. The van der Waals surface area contributed by atoms with Gasteiger partial charge in [-0.15, -0.1) is 0 Å². The molecule has 1 fully saturated rings. The number of anilines is 2. The molecule has 0 spiro atoms. The Morgan fingerprint density at radius 1 is 1.16 bits per heavy atom. The van der Waals surface area contributed by atoms with Gasteiger partial charge in [-0.3, -0.25) is 4.79 Å². The van der Waals surface area contributed by atoms with E-state index >= 15 is 0 Å². The molecule has 1 unspecified atom stereocenters. The van der Waals surface area contributed by atoms with Crippen LogP contribution in [0.25, 0.3) is 0 Å². The SMILES string of the molecule is CCC(Oc1cccc(C)c1)C(=O)Nc1ccc(N2CCCC2)cc1. The normalized spacial score (nSPS) is 15.0. The zero-order valence-corrected chi connectivity index (χ0v) is 15.0. The van der Waals surface area contributed by atoms with Crippen LogP contribution in [-0.2, 0) is 4.79 Å². The molecule has 1 aliphatic rings. The van der Waals surface area contributed by atoms with Gasteiger partial charge in [-0.25, -0.2) is 0 Å². The first-order valence-electron chi connectivity index (χ1n) is 9.05. The van der Waals surface area contributed by atoms with Gasteiger partial charge in [0.1, 0.15) is 5.75 Å². The van der Waals surface area contributed by atoms with Crippen molar-refractivity contribution in [1.29, 1.82) is 0 Å². The molecule has 0 radical (unpaired) electrons. The number of ether oxygens (including phenoxy) is 1. The molecular formula is C21H26N2O2. The molecule has 2 aromatic carbocycles. The molecule has 4 nitrogen and oxygen atoms in total. The minimum absolute atomic E-state index is 0.113. The lowest BCUT2D eigenvalue weighted by Crippen LogP contribution is -2.32. The van der Waals surface area contributed by atoms with E-state index in [1.807, 2.05) is 50.2 Å². The summed E-state index contributed by atoms with van der Waals surface area (Å²) in [6.07, 6.45) is 2.63. The van der Waals surface area contributed by atoms with Gasteiger partial charge >= 0.3 is 0 Å². The molecule has 3 rings (SSSR count). The van der Waals surface area contributed by atoms with E-state index in [0.29, 0.717) is 6.42 Å². The maximum atomic E-state index is 12.5. The van der Waals surface area contributed by atoms with Crippen molar-refractivity contribution in [2.45, 2.75) is 39.2 Å². The maximum Gasteiger partial charge on any atom is 0.265 e. The van der Waals surface area contributed by atoms with Gasteiger partial charge in [0, 0.05) is 24.5 Å². The quantitative estimate of drug-likeness (QED) is 0.849. The van der Waals surface area contributed by atoms with Gasteiger partial charge in [0.2, 0.25) is 0 Å². The number of aryl methyl sites for hydroxylation is 1. The average Bonchev–Trinajstić information content (AvgIpc) is 3.15. The number of nitrogens with one attached hydrogen (secondary N) is 1. The summed E-state index contributed by atoms with van der Waals surface area (Å²) >= 11 is 0. The van der Waals surface area contributed by atoms with Crippen molar-refractivity contribution in [3.05, 3.63) is 54.1 Å². The van der Waals surface area contributed by atoms with Crippen LogP contribution >= 0.6 is 0 Å². The molecule has 0 aliphatic carbocycles. The fourth-order valence-corrected chi connectivity index (χ4v) is 3.13. The van der Waals surface area contributed by atoms with E-state index in [1.54, 1.807) is 0 Å². The van der Waals surface area contributed by atoms with Crippen LogP contribution in [0.2, 0.25) is 0 Å². The molecule has 1 amide bonds. The van der Waals surface area contributed by atoms with Crippen molar-refractivity contribution in [2.24, 2.45) is 0 Å². The van der Waals surface area contributed by atoms with Crippen LogP contribution in [0.1, 0.15) is 31.7 Å². The zero-order chi connectivity index (χ0) is 17.6. The largest absolute Gasteiger partial charge is 0.481 e. The molecule has 0 saturated carbocycles. The summed E-state index contributed by atoms with van der Waals surface area (Å²) in [5.74, 6) is 0.615. The van der Waals surface area contributed by atoms with Crippen molar-refractivity contribution < 1.29 is 9.53 Å². The fraction of sp³-hybridized carbons (Fsp3) is 0.381. The molecule has 0 bridgehead atoms. The Morgan fingerprint density at radius 3 is 2.52 bits per heavy atom. The lowest BCUT2D eigenvalue weighted by atomic mass is 10.2. The summed E-state index contributed by atoms with van der Waals surface area (Å²) in [4.78, 5) is 14.9. The molecular weight excluding hydrogens is 312 g/mol. The Balaban J connectivity index is 1.61. The third-order valence-corrected chi connectivity index (χ3v) is 4.54. The predicted molar refractivity (Wildman–Crippen MR) is 102 cm³/mol. The summed E-state index contributed by atoms with van der Waals surface area (Å²) in [5.41, 5.74) is 3.14. The molecule has 0 aromatic heterocycles. The van der Waals surface area contributed by atoms with Gasteiger partial charge in [-0.05, 0) is 68.1 Å². The third kappa shape index (κ3) is 4.53. The van der Waals surface area contributed by atoms with Crippen LogP contribution in [0.15, 0.2) is 48.5 Å². The van der Waals surface area contributed by atoms with Gasteiger partial charge in [0.05, 0.1) is 0 Å². The smallest absolute Gasteiger partial charge is 0.265 e. The van der Waals surface area contributed by atoms with Crippen molar-refractivity contribution in [3.63, 3.8) is 0 Å². The number of nitrogens with zero attached hydrogens (tertiary/aromatic N) is 1. The minimum atomic E-state index is -0.500. The first-order chi connectivity index (χ1) is 12.2. The van der Waals surface area contributed by atoms with Gasteiger partial charge in [-0.1, -0.05) is 19.1 Å². The highest BCUT2D eigenvalue weighted by molar-refractivity contribution is 5.94. The van der Waals surface area contributed by atoms with E-state index in [1.165, 1.54) is 18.5 Å². The van der Waals surface area contributed by atoms with Gasteiger partial charge in [0.15, 0.2) is 6.10 Å². The Hall–Kier alpha value is -2.49.